The second-order valence-corrected chi connectivity index (χ2v) is 6.34. The Morgan fingerprint density at radius 3 is 2.14 bits per heavy atom. The lowest BCUT2D eigenvalue weighted by molar-refractivity contribution is -0.141. The SMILES string of the molecule is O=C(NC1CCC(O)CC1)NC(C(=O)O)C1CCCCC1. The zero-order valence-corrected chi connectivity index (χ0v) is 12.4. The van der Waals surface area contributed by atoms with E-state index in [0.717, 1.165) is 44.9 Å². The lowest BCUT2D eigenvalue weighted by atomic mass is 9.84. The summed E-state index contributed by atoms with van der Waals surface area (Å²) in [5.41, 5.74) is 0. The summed E-state index contributed by atoms with van der Waals surface area (Å²) in [7, 11) is 0. The van der Waals surface area contributed by atoms with Gasteiger partial charge in [-0.2, -0.15) is 0 Å². The third kappa shape index (κ3) is 4.88. The van der Waals surface area contributed by atoms with Gasteiger partial charge in [-0.15, -0.1) is 0 Å². The zero-order chi connectivity index (χ0) is 15.2. The topological polar surface area (TPSA) is 98.7 Å². The van der Waals surface area contributed by atoms with Crippen LogP contribution in [-0.4, -0.2) is 40.4 Å². The van der Waals surface area contributed by atoms with Crippen LogP contribution in [0.1, 0.15) is 57.8 Å². The number of aliphatic hydroxyl groups is 1. The molecule has 6 heteroatoms. The van der Waals surface area contributed by atoms with Gasteiger partial charge in [-0.1, -0.05) is 19.3 Å². The summed E-state index contributed by atoms with van der Waals surface area (Å²) in [4.78, 5) is 23.4. The van der Waals surface area contributed by atoms with Crippen LogP contribution in [-0.2, 0) is 4.79 Å². The molecule has 21 heavy (non-hydrogen) atoms. The van der Waals surface area contributed by atoms with E-state index in [4.69, 9.17) is 0 Å². The summed E-state index contributed by atoms with van der Waals surface area (Å²) < 4.78 is 0. The third-order valence-electron chi connectivity index (χ3n) is 4.71. The minimum absolute atomic E-state index is 0.0363. The summed E-state index contributed by atoms with van der Waals surface area (Å²) in [6.45, 7) is 0. The molecule has 2 aliphatic rings. The maximum Gasteiger partial charge on any atom is 0.326 e. The van der Waals surface area contributed by atoms with Crippen LogP contribution in [0.5, 0.6) is 0 Å². The summed E-state index contributed by atoms with van der Waals surface area (Å²) in [6.07, 6.45) is 7.58. The summed E-state index contributed by atoms with van der Waals surface area (Å²) in [5.74, 6) is -0.911. The van der Waals surface area contributed by atoms with Crippen molar-refractivity contribution in [2.75, 3.05) is 0 Å². The molecule has 4 N–H and O–H groups in total. The molecule has 0 heterocycles. The highest BCUT2D eigenvalue weighted by molar-refractivity contribution is 5.82. The highest BCUT2D eigenvalue weighted by atomic mass is 16.4. The average Bonchev–Trinajstić information content (AvgIpc) is 2.48. The quantitative estimate of drug-likeness (QED) is 0.634. The minimum Gasteiger partial charge on any atom is -0.480 e. The first-order valence-corrected chi connectivity index (χ1v) is 8.04. The standard InChI is InChI=1S/C15H26N2O4/c18-12-8-6-11(7-9-12)16-15(21)17-13(14(19)20)10-4-2-1-3-5-10/h10-13,18H,1-9H2,(H,19,20)(H2,16,17,21). The normalized spacial score (nSPS) is 28.6. The van der Waals surface area contributed by atoms with Gasteiger partial charge in [0.1, 0.15) is 6.04 Å². The van der Waals surface area contributed by atoms with Crippen LogP contribution in [0.4, 0.5) is 4.79 Å². The predicted octanol–water partition coefficient (Wildman–Crippen LogP) is 1.62. The number of aliphatic hydroxyl groups excluding tert-OH is 1. The highest BCUT2D eigenvalue weighted by Crippen LogP contribution is 2.26. The Hall–Kier alpha value is -1.30. The van der Waals surface area contributed by atoms with Crippen LogP contribution in [0.2, 0.25) is 0 Å². The number of carboxylic acids is 1. The summed E-state index contributed by atoms with van der Waals surface area (Å²) in [6, 6.07) is -1.15. The number of rotatable bonds is 4. The van der Waals surface area contributed by atoms with Crippen molar-refractivity contribution in [2.24, 2.45) is 5.92 Å². The number of hydrogen-bond acceptors (Lipinski definition) is 3. The fraction of sp³-hybridized carbons (Fsp3) is 0.867. The van der Waals surface area contributed by atoms with E-state index in [9.17, 15) is 19.8 Å². The Morgan fingerprint density at radius 1 is 0.952 bits per heavy atom. The molecule has 0 bridgehead atoms. The summed E-state index contributed by atoms with van der Waals surface area (Å²) in [5, 5.41) is 24.3. The second kappa shape index (κ2) is 7.64. The van der Waals surface area contributed by atoms with E-state index in [2.05, 4.69) is 10.6 Å². The van der Waals surface area contributed by atoms with Crippen LogP contribution in [0, 0.1) is 5.92 Å². The molecule has 0 aromatic heterocycles. The van der Waals surface area contributed by atoms with Crippen molar-refractivity contribution in [3.8, 4) is 0 Å². The first kappa shape index (κ1) is 16.1. The van der Waals surface area contributed by atoms with Crippen LogP contribution >= 0.6 is 0 Å². The number of amides is 2. The maximum absolute atomic E-state index is 12.0. The summed E-state index contributed by atoms with van der Waals surface area (Å²) >= 11 is 0. The first-order chi connectivity index (χ1) is 10.1. The Morgan fingerprint density at radius 2 is 1.57 bits per heavy atom. The van der Waals surface area contributed by atoms with E-state index < -0.39 is 18.0 Å². The molecule has 0 saturated heterocycles. The monoisotopic (exact) mass is 298 g/mol. The minimum atomic E-state index is -0.948. The smallest absolute Gasteiger partial charge is 0.326 e. The Labute approximate surface area is 125 Å². The average molecular weight is 298 g/mol. The van der Waals surface area contributed by atoms with Crippen molar-refractivity contribution < 1.29 is 19.8 Å². The molecule has 2 rings (SSSR count). The first-order valence-electron chi connectivity index (χ1n) is 8.04. The van der Waals surface area contributed by atoms with Crippen LogP contribution in [0.25, 0.3) is 0 Å². The van der Waals surface area contributed by atoms with Crippen molar-refractivity contribution in [2.45, 2.75) is 76.0 Å². The van der Waals surface area contributed by atoms with Crippen molar-refractivity contribution in [3.63, 3.8) is 0 Å². The van der Waals surface area contributed by atoms with Crippen LogP contribution in [0.15, 0.2) is 0 Å². The number of carboxylic acid groups (broad SMARTS) is 1. The van der Waals surface area contributed by atoms with Gasteiger partial charge in [0.2, 0.25) is 0 Å². The number of nitrogens with one attached hydrogen (secondary N) is 2. The predicted molar refractivity (Wildman–Crippen MR) is 77.9 cm³/mol. The van der Waals surface area contributed by atoms with Gasteiger partial charge in [0.15, 0.2) is 0 Å². The van der Waals surface area contributed by atoms with E-state index >= 15 is 0 Å². The molecule has 0 aromatic rings. The molecule has 2 fully saturated rings. The maximum atomic E-state index is 12.0. The molecular weight excluding hydrogens is 272 g/mol. The van der Waals surface area contributed by atoms with E-state index in [0.29, 0.717) is 12.8 Å². The van der Waals surface area contributed by atoms with Gasteiger partial charge >= 0.3 is 12.0 Å². The van der Waals surface area contributed by atoms with E-state index in [1.54, 1.807) is 0 Å². The third-order valence-corrected chi connectivity index (χ3v) is 4.71. The largest absolute Gasteiger partial charge is 0.480 e. The van der Waals surface area contributed by atoms with Crippen molar-refractivity contribution in [1.82, 2.24) is 10.6 Å². The molecule has 0 spiro atoms. The van der Waals surface area contributed by atoms with Crippen molar-refractivity contribution in [1.29, 1.82) is 0 Å². The molecular formula is C15H26N2O4. The van der Waals surface area contributed by atoms with Gasteiger partial charge < -0.3 is 20.8 Å². The van der Waals surface area contributed by atoms with Gasteiger partial charge in [0.05, 0.1) is 6.10 Å². The molecule has 2 aliphatic carbocycles. The number of carbonyl (C=O) groups is 2. The molecule has 120 valence electrons. The van der Waals surface area contributed by atoms with Crippen molar-refractivity contribution in [3.05, 3.63) is 0 Å². The molecule has 6 nitrogen and oxygen atoms in total. The molecule has 2 amide bonds. The zero-order valence-electron chi connectivity index (χ0n) is 12.4. The lowest BCUT2D eigenvalue weighted by Crippen LogP contribution is -2.52. The Balaban J connectivity index is 1.82. The van der Waals surface area contributed by atoms with Gasteiger partial charge in [0, 0.05) is 6.04 Å². The van der Waals surface area contributed by atoms with Gasteiger partial charge in [-0.05, 0) is 44.4 Å². The Bertz CT molecular complexity index is 361. The number of carbonyl (C=O) groups excluding carboxylic acids is 1. The molecule has 0 aliphatic heterocycles. The molecule has 0 aromatic carbocycles. The fourth-order valence-corrected chi connectivity index (χ4v) is 3.44. The van der Waals surface area contributed by atoms with Crippen molar-refractivity contribution >= 4 is 12.0 Å². The van der Waals surface area contributed by atoms with Crippen LogP contribution in [0.3, 0.4) is 0 Å². The van der Waals surface area contributed by atoms with Gasteiger partial charge in [0.25, 0.3) is 0 Å². The van der Waals surface area contributed by atoms with E-state index in [1.807, 2.05) is 0 Å². The second-order valence-electron chi connectivity index (χ2n) is 6.34. The van der Waals surface area contributed by atoms with E-state index in [-0.39, 0.29) is 18.1 Å². The molecule has 2 saturated carbocycles. The lowest BCUT2D eigenvalue weighted by Gasteiger charge is -2.30. The molecule has 1 unspecified atom stereocenters. The highest BCUT2D eigenvalue weighted by Gasteiger charge is 2.31. The van der Waals surface area contributed by atoms with Gasteiger partial charge in [-0.3, -0.25) is 0 Å². The number of aliphatic carboxylic acids is 1. The Kier molecular flexibility index (Phi) is 5.85. The van der Waals surface area contributed by atoms with E-state index in [1.165, 1.54) is 0 Å². The molecule has 1 atom stereocenters. The molecule has 0 radical (unpaired) electrons. The fourth-order valence-electron chi connectivity index (χ4n) is 3.44. The van der Waals surface area contributed by atoms with Gasteiger partial charge in [-0.25, -0.2) is 9.59 Å². The number of urea groups is 1. The van der Waals surface area contributed by atoms with Crippen LogP contribution < -0.4 is 10.6 Å². The number of hydrogen-bond donors (Lipinski definition) is 4.